The Bertz CT molecular complexity index is 1050. The highest BCUT2D eigenvalue weighted by Crippen LogP contribution is 2.42. The topological polar surface area (TPSA) is 115 Å². The van der Waals surface area contributed by atoms with Crippen LogP contribution in [0.1, 0.15) is 41.3 Å². The predicted molar refractivity (Wildman–Crippen MR) is 126 cm³/mol. The van der Waals surface area contributed by atoms with Crippen molar-refractivity contribution in [1.29, 1.82) is 0 Å². The minimum atomic E-state index is -0.664. The number of carbonyl (C=O) groups is 2. The molecule has 1 unspecified atom stereocenters. The number of likely N-dealkylation sites (tertiary alicyclic amines) is 1. The molecule has 9 nitrogen and oxygen atoms in total. The number of Topliss-reactive ketones (excluding diaryl/α,β-unsaturated/α-hetero) is 1. The first-order valence-electron chi connectivity index (χ1n) is 11.7. The summed E-state index contributed by atoms with van der Waals surface area (Å²) in [5, 5.41) is 20.5. The third kappa shape index (κ3) is 5.86. The first kappa shape index (κ1) is 24.8. The van der Waals surface area contributed by atoms with Crippen LogP contribution in [-0.4, -0.2) is 73.4 Å². The maximum absolute atomic E-state index is 12.6. The summed E-state index contributed by atoms with van der Waals surface area (Å²) in [6, 6.07) is 10.2. The van der Waals surface area contributed by atoms with Crippen LogP contribution in [0.25, 0.3) is 0 Å². The fourth-order valence-corrected chi connectivity index (χ4v) is 4.56. The first-order valence-corrected chi connectivity index (χ1v) is 11.7. The second kappa shape index (κ2) is 11.0. The molecule has 2 aliphatic heterocycles. The maximum Gasteiger partial charge on any atom is 0.308 e. The molecule has 0 saturated carbocycles. The van der Waals surface area contributed by atoms with E-state index in [0.29, 0.717) is 23.8 Å². The minimum absolute atomic E-state index is 0.0622. The SMILES string of the molecule is COC(=O)C1CCN(CC(O)COc2ccc([C@@H]3CC(=O)c4c(O)cc(OC)cc4O3)cc2)CC1. The summed E-state index contributed by atoms with van der Waals surface area (Å²) in [6.07, 6.45) is 0.407. The van der Waals surface area contributed by atoms with E-state index < -0.39 is 12.2 Å². The number of methoxy groups -OCH3 is 2. The fourth-order valence-electron chi connectivity index (χ4n) is 4.56. The van der Waals surface area contributed by atoms with Crippen LogP contribution in [0.5, 0.6) is 23.0 Å². The number of phenols is 1. The molecule has 188 valence electrons. The number of ether oxygens (including phenoxy) is 4. The van der Waals surface area contributed by atoms with Gasteiger partial charge in [-0.05, 0) is 43.6 Å². The Morgan fingerprint density at radius 1 is 1.14 bits per heavy atom. The molecule has 0 aliphatic carbocycles. The van der Waals surface area contributed by atoms with Crippen LogP contribution in [-0.2, 0) is 9.53 Å². The third-order valence-electron chi connectivity index (χ3n) is 6.49. The van der Waals surface area contributed by atoms with Gasteiger partial charge in [-0.2, -0.15) is 0 Å². The molecule has 1 saturated heterocycles. The molecule has 0 aromatic heterocycles. The van der Waals surface area contributed by atoms with Crippen molar-refractivity contribution in [2.75, 3.05) is 40.5 Å². The number of β-amino-alcohol motifs (C(OH)–C–C–N with tert-alkyl or cyclic N) is 1. The van der Waals surface area contributed by atoms with Crippen molar-refractivity contribution < 1.29 is 38.7 Å². The molecule has 0 bridgehead atoms. The van der Waals surface area contributed by atoms with Gasteiger partial charge in [0.2, 0.25) is 0 Å². The highest BCUT2D eigenvalue weighted by atomic mass is 16.5. The standard InChI is InChI=1S/C26H31NO8/c1-32-20-11-21(29)25-22(30)13-23(35-24(25)12-20)16-3-5-19(6-4-16)34-15-18(28)14-27-9-7-17(8-10-27)26(31)33-2/h3-6,11-12,17-18,23,28-29H,7-10,13-15H2,1-2H3/t18?,23-/m0/s1. The average molecular weight is 486 g/mol. The second-order valence-corrected chi connectivity index (χ2v) is 8.89. The number of aliphatic hydroxyl groups excluding tert-OH is 1. The summed E-state index contributed by atoms with van der Waals surface area (Å²) < 4.78 is 21.7. The Kier molecular flexibility index (Phi) is 7.77. The zero-order chi connectivity index (χ0) is 24.9. The van der Waals surface area contributed by atoms with Crippen LogP contribution in [0.15, 0.2) is 36.4 Å². The zero-order valence-electron chi connectivity index (χ0n) is 19.9. The summed E-state index contributed by atoms with van der Waals surface area (Å²) in [5.41, 5.74) is 0.971. The van der Waals surface area contributed by atoms with Crippen LogP contribution in [0, 0.1) is 5.92 Å². The van der Waals surface area contributed by atoms with Crippen molar-refractivity contribution in [3.63, 3.8) is 0 Å². The lowest BCUT2D eigenvalue weighted by molar-refractivity contribution is -0.147. The number of aromatic hydroxyl groups is 1. The van der Waals surface area contributed by atoms with Gasteiger partial charge in [0.15, 0.2) is 5.78 Å². The molecule has 4 rings (SSSR count). The lowest BCUT2D eigenvalue weighted by atomic mass is 9.95. The summed E-state index contributed by atoms with van der Waals surface area (Å²) in [6.45, 7) is 2.08. The molecule has 2 aromatic rings. The van der Waals surface area contributed by atoms with Gasteiger partial charge in [0, 0.05) is 18.7 Å². The Balaban J connectivity index is 1.28. The number of hydrogen-bond donors (Lipinski definition) is 2. The highest BCUT2D eigenvalue weighted by molar-refractivity contribution is 6.02. The van der Waals surface area contributed by atoms with E-state index in [9.17, 15) is 19.8 Å². The molecule has 2 atom stereocenters. The van der Waals surface area contributed by atoms with E-state index in [4.69, 9.17) is 18.9 Å². The number of carbonyl (C=O) groups excluding carboxylic acids is 2. The molecule has 9 heteroatoms. The minimum Gasteiger partial charge on any atom is -0.507 e. The average Bonchev–Trinajstić information content (AvgIpc) is 2.87. The molecule has 1 fully saturated rings. The molecule has 0 amide bonds. The second-order valence-electron chi connectivity index (χ2n) is 8.89. The number of ketones is 1. The van der Waals surface area contributed by atoms with Crippen LogP contribution >= 0.6 is 0 Å². The molecule has 35 heavy (non-hydrogen) atoms. The van der Waals surface area contributed by atoms with Gasteiger partial charge in [-0.15, -0.1) is 0 Å². The van der Waals surface area contributed by atoms with Crippen molar-refractivity contribution in [3.05, 3.63) is 47.5 Å². The molecule has 2 N–H and O–H groups in total. The molecular weight excluding hydrogens is 454 g/mol. The largest absolute Gasteiger partial charge is 0.507 e. The summed E-state index contributed by atoms with van der Waals surface area (Å²) in [7, 11) is 2.89. The molecule has 2 aromatic carbocycles. The number of piperidine rings is 1. The summed E-state index contributed by atoms with van der Waals surface area (Å²) in [5.74, 6) is 0.717. The van der Waals surface area contributed by atoms with E-state index in [1.807, 2.05) is 12.1 Å². The Hall–Kier alpha value is -3.30. The first-order chi connectivity index (χ1) is 16.9. The number of rotatable bonds is 8. The lowest BCUT2D eigenvalue weighted by Gasteiger charge is -2.31. The highest BCUT2D eigenvalue weighted by Gasteiger charge is 2.31. The number of hydrogen-bond acceptors (Lipinski definition) is 9. The summed E-state index contributed by atoms with van der Waals surface area (Å²) >= 11 is 0. The van der Waals surface area contributed by atoms with Gasteiger partial charge < -0.3 is 34.1 Å². The number of phenolic OH excluding ortho intramolecular Hbond substituents is 1. The van der Waals surface area contributed by atoms with E-state index in [2.05, 4.69) is 4.90 Å². The van der Waals surface area contributed by atoms with Crippen LogP contribution in [0.3, 0.4) is 0 Å². The van der Waals surface area contributed by atoms with Crippen LogP contribution in [0.2, 0.25) is 0 Å². The smallest absolute Gasteiger partial charge is 0.308 e. The molecule has 0 spiro atoms. The molecular formula is C26H31NO8. The zero-order valence-corrected chi connectivity index (χ0v) is 19.9. The van der Waals surface area contributed by atoms with Gasteiger partial charge in [-0.25, -0.2) is 0 Å². The normalized spacial score (nSPS) is 19.4. The van der Waals surface area contributed by atoms with E-state index in [1.54, 1.807) is 18.2 Å². The van der Waals surface area contributed by atoms with Crippen molar-refractivity contribution in [2.24, 2.45) is 5.92 Å². The van der Waals surface area contributed by atoms with E-state index in [-0.39, 0.29) is 42.0 Å². The molecule has 2 aliphatic rings. The van der Waals surface area contributed by atoms with Crippen molar-refractivity contribution >= 4 is 11.8 Å². The van der Waals surface area contributed by atoms with Crippen molar-refractivity contribution in [3.8, 4) is 23.0 Å². The quantitative estimate of drug-likeness (QED) is 0.545. The Morgan fingerprint density at radius 2 is 1.86 bits per heavy atom. The van der Waals surface area contributed by atoms with Gasteiger partial charge in [-0.3, -0.25) is 9.59 Å². The molecule has 2 heterocycles. The third-order valence-corrected chi connectivity index (χ3v) is 6.49. The number of nitrogens with zero attached hydrogens (tertiary/aromatic N) is 1. The van der Waals surface area contributed by atoms with Crippen molar-refractivity contribution in [2.45, 2.75) is 31.5 Å². The lowest BCUT2D eigenvalue weighted by Crippen LogP contribution is -2.42. The van der Waals surface area contributed by atoms with Gasteiger partial charge >= 0.3 is 5.97 Å². The number of esters is 1. The fraction of sp³-hybridized carbons (Fsp3) is 0.462. The number of aliphatic hydroxyl groups is 1. The van der Waals surface area contributed by atoms with Gasteiger partial charge in [-0.1, -0.05) is 12.1 Å². The Labute approximate surface area is 204 Å². The van der Waals surface area contributed by atoms with E-state index in [0.717, 1.165) is 31.5 Å². The number of fused-ring (bicyclic) bond motifs is 1. The monoisotopic (exact) mass is 485 g/mol. The van der Waals surface area contributed by atoms with Gasteiger partial charge in [0.05, 0.1) is 26.6 Å². The van der Waals surface area contributed by atoms with Gasteiger partial charge in [0.25, 0.3) is 0 Å². The van der Waals surface area contributed by atoms with Gasteiger partial charge in [0.1, 0.15) is 47.4 Å². The summed E-state index contributed by atoms with van der Waals surface area (Å²) in [4.78, 5) is 26.4. The van der Waals surface area contributed by atoms with E-state index in [1.165, 1.54) is 20.3 Å². The predicted octanol–water partition coefficient (Wildman–Crippen LogP) is 2.73. The van der Waals surface area contributed by atoms with Crippen LogP contribution < -0.4 is 14.2 Å². The maximum atomic E-state index is 12.6. The Morgan fingerprint density at radius 3 is 2.51 bits per heavy atom. The van der Waals surface area contributed by atoms with Crippen molar-refractivity contribution in [1.82, 2.24) is 4.90 Å². The van der Waals surface area contributed by atoms with Crippen LogP contribution in [0.4, 0.5) is 0 Å². The molecule has 0 radical (unpaired) electrons. The number of benzene rings is 2. The van der Waals surface area contributed by atoms with E-state index >= 15 is 0 Å².